The normalized spacial score (nSPS) is 12.8. The van der Waals surface area contributed by atoms with Crippen molar-refractivity contribution in [1.82, 2.24) is 0 Å². The summed E-state index contributed by atoms with van der Waals surface area (Å²) < 4.78 is 4.89. The quantitative estimate of drug-likeness (QED) is 0.684. The fourth-order valence-electron chi connectivity index (χ4n) is 0.625. The molecule has 0 saturated carbocycles. The molecule has 0 aromatic heterocycles. The smallest absolute Gasteiger partial charge is 0.312 e. The number of hydrogen-bond donors (Lipinski definition) is 1. The Balaban J connectivity index is 4.37. The molecule has 3 nitrogen and oxygen atoms in total. The number of hydrogen-bond acceptors (Lipinski definition) is 3. The van der Waals surface area contributed by atoms with E-state index in [-0.39, 0.29) is 24.6 Å². The molecule has 0 aromatic carbocycles. The third-order valence-electron chi connectivity index (χ3n) is 2.71. The van der Waals surface area contributed by atoms with Crippen molar-refractivity contribution in [1.29, 1.82) is 0 Å². The maximum atomic E-state index is 11.5. The summed E-state index contributed by atoms with van der Waals surface area (Å²) in [6, 6.07) is 0. The molecule has 0 fully saturated rings. The lowest BCUT2D eigenvalue weighted by molar-refractivity contribution is -0.161. The third kappa shape index (κ3) is 2.99. The van der Waals surface area contributed by atoms with E-state index in [4.69, 9.17) is 9.84 Å². The minimum absolute atomic E-state index is 0.0817. The summed E-state index contributed by atoms with van der Waals surface area (Å²) in [5.74, 6) is -0.256. The lowest BCUT2D eigenvalue weighted by atomic mass is 9.69. The molecule has 1 N–H and O–H groups in total. The average molecular weight is 188 g/mol. The molecular weight excluding hydrogens is 168 g/mol. The van der Waals surface area contributed by atoms with Crippen LogP contribution in [0.5, 0.6) is 0 Å². The molecule has 0 heterocycles. The van der Waals surface area contributed by atoms with E-state index in [1.807, 2.05) is 34.6 Å². The van der Waals surface area contributed by atoms with Crippen molar-refractivity contribution < 1.29 is 14.6 Å². The van der Waals surface area contributed by atoms with Gasteiger partial charge in [0.25, 0.3) is 0 Å². The first-order valence-corrected chi connectivity index (χ1v) is 4.51. The summed E-state index contributed by atoms with van der Waals surface area (Å²) >= 11 is 0. The molecule has 0 unspecified atom stereocenters. The molecule has 0 aromatic rings. The van der Waals surface area contributed by atoms with Gasteiger partial charge < -0.3 is 9.84 Å². The van der Waals surface area contributed by atoms with Crippen LogP contribution in [-0.4, -0.2) is 24.3 Å². The lowest BCUT2D eigenvalue weighted by Gasteiger charge is -2.36. The van der Waals surface area contributed by atoms with Crippen LogP contribution in [0, 0.1) is 10.8 Å². The van der Waals surface area contributed by atoms with E-state index in [0.29, 0.717) is 0 Å². The molecule has 0 bridgehead atoms. The van der Waals surface area contributed by atoms with E-state index in [2.05, 4.69) is 0 Å². The topological polar surface area (TPSA) is 46.5 Å². The van der Waals surface area contributed by atoms with Gasteiger partial charge in [-0.2, -0.15) is 0 Å². The van der Waals surface area contributed by atoms with Crippen LogP contribution >= 0.6 is 0 Å². The van der Waals surface area contributed by atoms with E-state index < -0.39 is 5.41 Å². The van der Waals surface area contributed by atoms with Gasteiger partial charge in [0.05, 0.1) is 12.0 Å². The molecule has 78 valence electrons. The van der Waals surface area contributed by atoms with Gasteiger partial charge in [-0.25, -0.2) is 0 Å². The summed E-state index contributed by atoms with van der Waals surface area (Å²) in [7, 11) is 0. The maximum Gasteiger partial charge on any atom is 0.312 e. The predicted octanol–water partition coefficient (Wildman–Crippen LogP) is 1.59. The standard InChI is InChI=1S/C10H20O3/c1-9(2,3)10(4,5)8(12)13-7-6-11/h11H,6-7H2,1-5H3. The number of rotatable bonds is 3. The van der Waals surface area contributed by atoms with Gasteiger partial charge in [-0.15, -0.1) is 0 Å². The highest BCUT2D eigenvalue weighted by molar-refractivity contribution is 5.76. The van der Waals surface area contributed by atoms with E-state index >= 15 is 0 Å². The Bertz CT molecular complexity index is 177. The molecule has 3 heteroatoms. The van der Waals surface area contributed by atoms with Gasteiger partial charge in [0, 0.05) is 0 Å². The minimum atomic E-state index is -0.526. The fraction of sp³-hybridized carbons (Fsp3) is 0.900. The van der Waals surface area contributed by atoms with Crippen LogP contribution in [0.15, 0.2) is 0 Å². The average Bonchev–Trinajstić information content (AvgIpc) is 1.97. The highest BCUT2D eigenvalue weighted by Crippen LogP contribution is 2.38. The van der Waals surface area contributed by atoms with Gasteiger partial charge >= 0.3 is 5.97 Å². The van der Waals surface area contributed by atoms with Gasteiger partial charge in [0.15, 0.2) is 0 Å². The summed E-state index contributed by atoms with van der Waals surface area (Å²) in [5, 5.41) is 8.51. The predicted molar refractivity (Wildman–Crippen MR) is 51.3 cm³/mol. The Hall–Kier alpha value is -0.570. The van der Waals surface area contributed by atoms with E-state index in [1.54, 1.807) is 0 Å². The monoisotopic (exact) mass is 188 g/mol. The number of aliphatic hydroxyl groups is 1. The zero-order chi connectivity index (χ0) is 10.7. The summed E-state index contributed by atoms with van der Waals surface area (Å²) in [4.78, 5) is 11.5. The number of ether oxygens (including phenoxy) is 1. The zero-order valence-electron chi connectivity index (χ0n) is 9.18. The van der Waals surface area contributed by atoms with Gasteiger partial charge in [-0.3, -0.25) is 4.79 Å². The first-order valence-electron chi connectivity index (χ1n) is 4.51. The van der Waals surface area contributed by atoms with Crippen molar-refractivity contribution in [2.45, 2.75) is 34.6 Å². The Labute approximate surface area is 80.1 Å². The molecule has 0 aliphatic heterocycles. The van der Waals surface area contributed by atoms with Crippen LogP contribution in [0.1, 0.15) is 34.6 Å². The van der Waals surface area contributed by atoms with Gasteiger partial charge in [-0.05, 0) is 19.3 Å². The van der Waals surface area contributed by atoms with Gasteiger partial charge in [0.1, 0.15) is 6.61 Å². The van der Waals surface area contributed by atoms with Crippen molar-refractivity contribution in [3.63, 3.8) is 0 Å². The first kappa shape index (κ1) is 12.4. The summed E-state index contributed by atoms with van der Waals surface area (Å²) in [6.07, 6.45) is 0. The number of carbonyl (C=O) groups is 1. The van der Waals surface area contributed by atoms with Gasteiger partial charge in [-0.1, -0.05) is 20.8 Å². The largest absolute Gasteiger partial charge is 0.463 e. The van der Waals surface area contributed by atoms with Crippen LogP contribution in [-0.2, 0) is 9.53 Å². The molecule has 0 saturated heterocycles. The van der Waals surface area contributed by atoms with Crippen molar-refractivity contribution in [3.8, 4) is 0 Å². The van der Waals surface area contributed by atoms with Crippen LogP contribution in [0.25, 0.3) is 0 Å². The highest BCUT2D eigenvalue weighted by atomic mass is 16.5. The number of esters is 1. The summed E-state index contributed by atoms with van der Waals surface area (Å²) in [6.45, 7) is 9.65. The second kappa shape index (κ2) is 4.09. The fourth-order valence-corrected chi connectivity index (χ4v) is 0.625. The molecule has 0 spiro atoms. The zero-order valence-corrected chi connectivity index (χ0v) is 9.18. The molecule has 0 rings (SSSR count). The second-order valence-corrected chi connectivity index (χ2v) is 4.73. The number of carbonyl (C=O) groups excluding carboxylic acids is 1. The Morgan fingerprint density at radius 2 is 1.69 bits per heavy atom. The Kier molecular flexibility index (Phi) is 3.91. The first-order chi connectivity index (χ1) is 5.73. The summed E-state index contributed by atoms with van der Waals surface area (Å²) in [5.41, 5.74) is -0.665. The maximum absolute atomic E-state index is 11.5. The van der Waals surface area contributed by atoms with Crippen molar-refractivity contribution in [2.75, 3.05) is 13.2 Å². The molecule has 0 aliphatic carbocycles. The highest BCUT2D eigenvalue weighted by Gasteiger charge is 2.40. The van der Waals surface area contributed by atoms with E-state index in [0.717, 1.165) is 0 Å². The van der Waals surface area contributed by atoms with Crippen molar-refractivity contribution >= 4 is 5.97 Å². The van der Waals surface area contributed by atoms with Gasteiger partial charge in [0.2, 0.25) is 0 Å². The van der Waals surface area contributed by atoms with E-state index in [1.165, 1.54) is 0 Å². The molecule has 0 radical (unpaired) electrons. The van der Waals surface area contributed by atoms with Crippen LogP contribution in [0.3, 0.4) is 0 Å². The van der Waals surface area contributed by atoms with Crippen molar-refractivity contribution in [2.24, 2.45) is 10.8 Å². The molecule has 0 aliphatic rings. The molecule has 13 heavy (non-hydrogen) atoms. The SMILES string of the molecule is CC(C)(C)C(C)(C)C(=O)OCCO. The van der Waals surface area contributed by atoms with Crippen LogP contribution in [0.4, 0.5) is 0 Å². The second-order valence-electron chi connectivity index (χ2n) is 4.73. The molecule has 0 amide bonds. The van der Waals surface area contributed by atoms with Crippen LogP contribution in [0.2, 0.25) is 0 Å². The Morgan fingerprint density at radius 3 is 2.00 bits per heavy atom. The number of aliphatic hydroxyl groups excluding tert-OH is 1. The van der Waals surface area contributed by atoms with E-state index in [9.17, 15) is 4.79 Å². The lowest BCUT2D eigenvalue weighted by Crippen LogP contribution is -2.39. The molecule has 0 atom stereocenters. The minimum Gasteiger partial charge on any atom is -0.463 e. The molecular formula is C10H20O3. The Morgan fingerprint density at radius 1 is 1.23 bits per heavy atom. The van der Waals surface area contributed by atoms with Crippen molar-refractivity contribution in [3.05, 3.63) is 0 Å². The third-order valence-corrected chi connectivity index (χ3v) is 2.71. The van der Waals surface area contributed by atoms with Crippen LogP contribution < -0.4 is 0 Å².